The molecule has 0 spiro atoms. The van der Waals surface area contributed by atoms with Crippen molar-refractivity contribution >= 4 is 6.29 Å². The summed E-state index contributed by atoms with van der Waals surface area (Å²) < 4.78 is 5.59. The van der Waals surface area contributed by atoms with Crippen molar-refractivity contribution in [2.45, 2.75) is 18.9 Å². The molecule has 1 aromatic carbocycles. The standard InChI is InChI=1S/C12H14O2/c1-2-6-11(9-10-13)14-12-7-4-3-5-8-12/h2-5,7-8,10-11H,1,6,9H2. The fraction of sp³-hybridized carbons (Fsp3) is 0.250. The first-order valence-electron chi connectivity index (χ1n) is 4.63. The van der Waals surface area contributed by atoms with Crippen LogP contribution in [-0.2, 0) is 4.79 Å². The molecule has 0 bridgehead atoms. The van der Waals surface area contributed by atoms with Crippen LogP contribution in [0.1, 0.15) is 12.8 Å². The Kier molecular flexibility index (Phi) is 4.48. The first-order valence-corrected chi connectivity index (χ1v) is 4.63. The molecule has 0 saturated carbocycles. The van der Waals surface area contributed by atoms with E-state index in [9.17, 15) is 4.79 Å². The van der Waals surface area contributed by atoms with Gasteiger partial charge in [0.15, 0.2) is 0 Å². The zero-order valence-electron chi connectivity index (χ0n) is 8.06. The number of hydrogen-bond acceptors (Lipinski definition) is 2. The summed E-state index contributed by atoms with van der Waals surface area (Å²) in [7, 11) is 0. The second kappa shape index (κ2) is 5.97. The number of carbonyl (C=O) groups excluding carboxylic acids is 1. The molecular weight excluding hydrogens is 176 g/mol. The highest BCUT2D eigenvalue weighted by Crippen LogP contribution is 2.13. The van der Waals surface area contributed by atoms with Gasteiger partial charge in [-0.1, -0.05) is 24.3 Å². The van der Waals surface area contributed by atoms with Crippen LogP contribution in [0.4, 0.5) is 0 Å². The first-order chi connectivity index (χ1) is 6.86. The minimum Gasteiger partial charge on any atom is -0.490 e. The average molecular weight is 190 g/mol. The second-order valence-electron chi connectivity index (χ2n) is 2.98. The molecule has 0 fully saturated rings. The number of rotatable bonds is 6. The van der Waals surface area contributed by atoms with Crippen molar-refractivity contribution in [3.05, 3.63) is 43.0 Å². The van der Waals surface area contributed by atoms with E-state index in [0.717, 1.165) is 12.0 Å². The zero-order valence-corrected chi connectivity index (χ0v) is 8.06. The lowest BCUT2D eigenvalue weighted by Gasteiger charge is -2.14. The third-order valence-electron chi connectivity index (χ3n) is 1.83. The molecule has 1 rings (SSSR count). The van der Waals surface area contributed by atoms with Gasteiger partial charge in [0, 0.05) is 12.8 Å². The van der Waals surface area contributed by atoms with Gasteiger partial charge in [0.1, 0.15) is 18.1 Å². The minimum absolute atomic E-state index is 0.0904. The van der Waals surface area contributed by atoms with Gasteiger partial charge in [0.25, 0.3) is 0 Å². The van der Waals surface area contributed by atoms with E-state index in [-0.39, 0.29) is 6.10 Å². The Morgan fingerprint density at radius 3 is 2.57 bits per heavy atom. The van der Waals surface area contributed by atoms with Crippen molar-refractivity contribution in [3.63, 3.8) is 0 Å². The molecule has 14 heavy (non-hydrogen) atoms. The molecular formula is C12H14O2. The number of carbonyl (C=O) groups is 1. The maximum Gasteiger partial charge on any atom is 0.123 e. The van der Waals surface area contributed by atoms with E-state index < -0.39 is 0 Å². The van der Waals surface area contributed by atoms with E-state index in [4.69, 9.17) is 4.74 Å². The van der Waals surface area contributed by atoms with Crippen molar-refractivity contribution in [3.8, 4) is 5.75 Å². The third kappa shape index (κ3) is 3.44. The van der Waals surface area contributed by atoms with E-state index in [2.05, 4.69) is 6.58 Å². The molecule has 1 atom stereocenters. The molecule has 0 aromatic heterocycles. The van der Waals surface area contributed by atoms with Gasteiger partial charge in [-0.25, -0.2) is 0 Å². The van der Waals surface area contributed by atoms with Gasteiger partial charge >= 0.3 is 0 Å². The van der Waals surface area contributed by atoms with Gasteiger partial charge in [-0.15, -0.1) is 6.58 Å². The Morgan fingerprint density at radius 1 is 1.29 bits per heavy atom. The second-order valence-corrected chi connectivity index (χ2v) is 2.98. The normalized spacial score (nSPS) is 11.7. The van der Waals surface area contributed by atoms with E-state index in [1.54, 1.807) is 6.08 Å². The molecule has 0 saturated heterocycles. The minimum atomic E-state index is -0.0904. The van der Waals surface area contributed by atoms with Crippen molar-refractivity contribution in [2.24, 2.45) is 0 Å². The highest BCUT2D eigenvalue weighted by atomic mass is 16.5. The summed E-state index contributed by atoms with van der Waals surface area (Å²) in [6.45, 7) is 3.63. The summed E-state index contributed by atoms with van der Waals surface area (Å²) in [5.74, 6) is 0.793. The smallest absolute Gasteiger partial charge is 0.123 e. The van der Waals surface area contributed by atoms with Crippen LogP contribution in [0, 0.1) is 0 Å². The Morgan fingerprint density at radius 2 is 2.00 bits per heavy atom. The van der Waals surface area contributed by atoms with Gasteiger partial charge in [-0.3, -0.25) is 0 Å². The molecule has 2 heteroatoms. The Labute approximate surface area is 84.2 Å². The summed E-state index contributed by atoms with van der Waals surface area (Å²) in [5.41, 5.74) is 0. The fourth-order valence-corrected chi connectivity index (χ4v) is 1.18. The van der Waals surface area contributed by atoms with Crippen molar-refractivity contribution in [1.29, 1.82) is 0 Å². The van der Waals surface area contributed by atoms with E-state index in [0.29, 0.717) is 12.8 Å². The Hall–Kier alpha value is -1.57. The summed E-state index contributed by atoms with van der Waals surface area (Å²) >= 11 is 0. The molecule has 0 aliphatic carbocycles. The maximum atomic E-state index is 10.4. The predicted octanol–water partition coefficient (Wildman–Crippen LogP) is 2.60. The van der Waals surface area contributed by atoms with E-state index >= 15 is 0 Å². The number of para-hydroxylation sites is 1. The Bertz CT molecular complexity index is 270. The van der Waals surface area contributed by atoms with Crippen LogP contribution in [0.5, 0.6) is 5.75 Å². The largest absolute Gasteiger partial charge is 0.490 e. The number of hydrogen-bond donors (Lipinski definition) is 0. The first kappa shape index (κ1) is 10.5. The van der Waals surface area contributed by atoms with Crippen molar-refractivity contribution in [1.82, 2.24) is 0 Å². The molecule has 0 amide bonds. The van der Waals surface area contributed by atoms with Crippen LogP contribution in [-0.4, -0.2) is 12.4 Å². The number of benzene rings is 1. The monoisotopic (exact) mass is 190 g/mol. The lowest BCUT2D eigenvalue weighted by Crippen LogP contribution is -2.15. The molecule has 0 radical (unpaired) electrons. The highest BCUT2D eigenvalue weighted by molar-refractivity contribution is 5.50. The lowest BCUT2D eigenvalue weighted by molar-refractivity contribution is -0.109. The van der Waals surface area contributed by atoms with Gasteiger partial charge in [-0.05, 0) is 12.1 Å². The molecule has 1 unspecified atom stereocenters. The molecule has 0 aliphatic rings. The number of aldehydes is 1. The third-order valence-corrected chi connectivity index (χ3v) is 1.83. The fourth-order valence-electron chi connectivity index (χ4n) is 1.18. The topological polar surface area (TPSA) is 26.3 Å². The van der Waals surface area contributed by atoms with Crippen LogP contribution >= 0.6 is 0 Å². The van der Waals surface area contributed by atoms with Gasteiger partial charge in [-0.2, -0.15) is 0 Å². The zero-order chi connectivity index (χ0) is 10.2. The molecule has 0 heterocycles. The van der Waals surface area contributed by atoms with Crippen LogP contribution < -0.4 is 4.74 Å². The van der Waals surface area contributed by atoms with Crippen molar-refractivity contribution < 1.29 is 9.53 Å². The summed E-state index contributed by atoms with van der Waals surface area (Å²) in [5, 5.41) is 0. The van der Waals surface area contributed by atoms with Gasteiger partial charge in [0.2, 0.25) is 0 Å². The van der Waals surface area contributed by atoms with Crippen LogP contribution in [0.3, 0.4) is 0 Å². The highest BCUT2D eigenvalue weighted by Gasteiger charge is 2.07. The van der Waals surface area contributed by atoms with Crippen LogP contribution in [0.25, 0.3) is 0 Å². The molecule has 2 nitrogen and oxygen atoms in total. The lowest BCUT2D eigenvalue weighted by atomic mass is 10.2. The van der Waals surface area contributed by atoms with Gasteiger partial charge in [0.05, 0.1) is 0 Å². The molecule has 1 aromatic rings. The maximum absolute atomic E-state index is 10.4. The number of ether oxygens (including phenoxy) is 1. The SMILES string of the molecule is C=CCC(CC=O)Oc1ccccc1. The van der Waals surface area contributed by atoms with E-state index in [1.165, 1.54) is 0 Å². The quantitative estimate of drug-likeness (QED) is 0.509. The van der Waals surface area contributed by atoms with Gasteiger partial charge < -0.3 is 9.53 Å². The van der Waals surface area contributed by atoms with Crippen LogP contribution in [0.2, 0.25) is 0 Å². The van der Waals surface area contributed by atoms with Crippen LogP contribution in [0.15, 0.2) is 43.0 Å². The van der Waals surface area contributed by atoms with Crippen molar-refractivity contribution in [2.75, 3.05) is 0 Å². The molecule has 0 N–H and O–H groups in total. The summed E-state index contributed by atoms with van der Waals surface area (Å²) in [6, 6.07) is 9.49. The molecule has 0 aliphatic heterocycles. The molecule has 74 valence electrons. The van der Waals surface area contributed by atoms with E-state index in [1.807, 2.05) is 30.3 Å². The average Bonchev–Trinajstić information content (AvgIpc) is 2.20. The predicted molar refractivity (Wildman–Crippen MR) is 56.4 cm³/mol. The summed E-state index contributed by atoms with van der Waals surface area (Å²) in [4.78, 5) is 10.4. The Balaban J connectivity index is 2.54. The summed E-state index contributed by atoms with van der Waals surface area (Å²) in [6.07, 6.45) is 3.63.